The van der Waals surface area contributed by atoms with Crippen molar-refractivity contribution in [3.05, 3.63) is 0 Å². The monoisotopic (exact) mass is 173 g/mol. The van der Waals surface area contributed by atoms with Crippen LogP contribution in [0.4, 0.5) is 0 Å². The van der Waals surface area contributed by atoms with Gasteiger partial charge in [0.25, 0.3) is 0 Å². The molecular weight excluding hydrogens is 158 g/mol. The molecule has 0 aromatic rings. The lowest BCUT2D eigenvalue weighted by atomic mass is 10.1. The molecule has 1 heterocycles. The second-order valence-electron chi connectivity index (χ2n) is 3.16. The van der Waals surface area contributed by atoms with Gasteiger partial charge in [0.15, 0.2) is 0 Å². The SMILES string of the molecule is C[C@H](O)C1CCC(=O)N1CCO. The van der Waals surface area contributed by atoms with Crippen molar-refractivity contribution < 1.29 is 15.0 Å². The highest BCUT2D eigenvalue weighted by molar-refractivity contribution is 5.78. The molecule has 1 amide bonds. The third-order valence-corrected chi connectivity index (χ3v) is 2.27. The lowest BCUT2D eigenvalue weighted by molar-refractivity contribution is -0.130. The fourth-order valence-corrected chi connectivity index (χ4v) is 1.66. The summed E-state index contributed by atoms with van der Waals surface area (Å²) >= 11 is 0. The van der Waals surface area contributed by atoms with Gasteiger partial charge in [-0.15, -0.1) is 0 Å². The van der Waals surface area contributed by atoms with Crippen LogP contribution in [0.25, 0.3) is 0 Å². The Labute approximate surface area is 71.8 Å². The number of aliphatic hydroxyl groups excluding tert-OH is 2. The predicted molar refractivity (Wildman–Crippen MR) is 43.5 cm³/mol. The number of carbonyl (C=O) groups is 1. The first kappa shape index (κ1) is 9.48. The van der Waals surface area contributed by atoms with Crippen molar-refractivity contribution in [2.45, 2.75) is 31.9 Å². The van der Waals surface area contributed by atoms with E-state index in [1.165, 1.54) is 0 Å². The molecule has 12 heavy (non-hydrogen) atoms. The van der Waals surface area contributed by atoms with Gasteiger partial charge in [0.1, 0.15) is 0 Å². The molecule has 1 aliphatic heterocycles. The summed E-state index contributed by atoms with van der Waals surface area (Å²) in [6, 6.07) is -0.0929. The van der Waals surface area contributed by atoms with E-state index in [4.69, 9.17) is 5.11 Å². The van der Waals surface area contributed by atoms with Gasteiger partial charge in [0, 0.05) is 13.0 Å². The van der Waals surface area contributed by atoms with Gasteiger partial charge in [-0.2, -0.15) is 0 Å². The van der Waals surface area contributed by atoms with Crippen molar-refractivity contribution in [3.63, 3.8) is 0 Å². The van der Waals surface area contributed by atoms with Gasteiger partial charge in [0.2, 0.25) is 5.91 Å². The summed E-state index contributed by atoms with van der Waals surface area (Å²) in [6.07, 6.45) is 0.703. The molecule has 1 saturated heterocycles. The van der Waals surface area contributed by atoms with Crippen LogP contribution >= 0.6 is 0 Å². The van der Waals surface area contributed by atoms with Crippen LogP contribution in [0.5, 0.6) is 0 Å². The number of aliphatic hydroxyl groups is 2. The Hall–Kier alpha value is -0.610. The Morgan fingerprint density at radius 1 is 1.75 bits per heavy atom. The number of nitrogens with zero attached hydrogens (tertiary/aromatic N) is 1. The van der Waals surface area contributed by atoms with Gasteiger partial charge in [-0.05, 0) is 13.3 Å². The van der Waals surface area contributed by atoms with E-state index in [0.717, 1.165) is 0 Å². The average Bonchev–Trinajstić information content (AvgIpc) is 2.34. The first-order valence-corrected chi connectivity index (χ1v) is 4.25. The summed E-state index contributed by atoms with van der Waals surface area (Å²) in [5.41, 5.74) is 0. The van der Waals surface area contributed by atoms with Gasteiger partial charge in [-0.25, -0.2) is 0 Å². The van der Waals surface area contributed by atoms with Crippen molar-refractivity contribution in [1.82, 2.24) is 4.90 Å². The Morgan fingerprint density at radius 2 is 2.42 bits per heavy atom. The number of rotatable bonds is 3. The smallest absolute Gasteiger partial charge is 0.223 e. The molecule has 0 saturated carbocycles. The van der Waals surface area contributed by atoms with E-state index in [0.29, 0.717) is 19.4 Å². The van der Waals surface area contributed by atoms with Crippen LogP contribution in [0.2, 0.25) is 0 Å². The minimum Gasteiger partial charge on any atom is -0.395 e. The molecule has 2 N–H and O–H groups in total. The molecule has 4 heteroatoms. The molecule has 1 rings (SSSR count). The van der Waals surface area contributed by atoms with E-state index in [1.807, 2.05) is 0 Å². The fourth-order valence-electron chi connectivity index (χ4n) is 1.66. The molecule has 1 aliphatic rings. The van der Waals surface area contributed by atoms with E-state index in [2.05, 4.69) is 0 Å². The lowest BCUT2D eigenvalue weighted by Gasteiger charge is -2.25. The summed E-state index contributed by atoms with van der Waals surface area (Å²) in [7, 11) is 0. The van der Waals surface area contributed by atoms with Crippen molar-refractivity contribution in [2.75, 3.05) is 13.2 Å². The van der Waals surface area contributed by atoms with Crippen molar-refractivity contribution >= 4 is 5.91 Å². The summed E-state index contributed by atoms with van der Waals surface area (Å²) < 4.78 is 0. The maximum atomic E-state index is 11.2. The van der Waals surface area contributed by atoms with Crippen LogP contribution in [0, 0.1) is 0 Å². The zero-order valence-corrected chi connectivity index (χ0v) is 7.23. The van der Waals surface area contributed by atoms with Crippen LogP contribution < -0.4 is 0 Å². The van der Waals surface area contributed by atoms with Crippen LogP contribution in [-0.4, -0.2) is 46.3 Å². The molecule has 0 spiro atoms. The van der Waals surface area contributed by atoms with E-state index in [9.17, 15) is 9.90 Å². The van der Waals surface area contributed by atoms with Gasteiger partial charge >= 0.3 is 0 Å². The molecule has 70 valence electrons. The molecule has 0 radical (unpaired) electrons. The second-order valence-corrected chi connectivity index (χ2v) is 3.16. The highest BCUT2D eigenvalue weighted by atomic mass is 16.3. The van der Waals surface area contributed by atoms with E-state index >= 15 is 0 Å². The highest BCUT2D eigenvalue weighted by Gasteiger charge is 2.33. The first-order valence-electron chi connectivity index (χ1n) is 4.25. The van der Waals surface area contributed by atoms with Crippen LogP contribution in [0.15, 0.2) is 0 Å². The number of carbonyl (C=O) groups excluding carboxylic acids is 1. The third-order valence-electron chi connectivity index (χ3n) is 2.27. The fraction of sp³-hybridized carbons (Fsp3) is 0.875. The summed E-state index contributed by atoms with van der Waals surface area (Å²) in [6.45, 7) is 1.98. The topological polar surface area (TPSA) is 60.8 Å². The predicted octanol–water partition coefficient (Wildman–Crippen LogP) is -0.649. The maximum absolute atomic E-state index is 11.2. The number of hydrogen-bond acceptors (Lipinski definition) is 3. The molecule has 0 bridgehead atoms. The summed E-state index contributed by atoms with van der Waals surface area (Å²) in [4.78, 5) is 12.7. The largest absolute Gasteiger partial charge is 0.395 e. The molecule has 1 fully saturated rings. The first-order chi connectivity index (χ1) is 5.66. The molecule has 0 aromatic heterocycles. The van der Waals surface area contributed by atoms with E-state index in [-0.39, 0.29) is 18.6 Å². The molecule has 1 unspecified atom stereocenters. The van der Waals surface area contributed by atoms with Crippen LogP contribution in [0.3, 0.4) is 0 Å². The van der Waals surface area contributed by atoms with Crippen molar-refractivity contribution in [3.8, 4) is 0 Å². The van der Waals surface area contributed by atoms with Gasteiger partial charge in [-0.3, -0.25) is 4.79 Å². The standard InChI is InChI=1S/C8H15NO3/c1-6(11)7-2-3-8(12)9(7)4-5-10/h6-7,10-11H,2-5H2,1H3/t6-,7?/m0/s1. The number of likely N-dealkylation sites (tertiary alicyclic amines) is 1. The highest BCUT2D eigenvalue weighted by Crippen LogP contribution is 2.20. The zero-order valence-electron chi connectivity index (χ0n) is 7.23. The van der Waals surface area contributed by atoms with Crippen LogP contribution in [-0.2, 0) is 4.79 Å². The lowest BCUT2D eigenvalue weighted by Crippen LogP contribution is -2.41. The van der Waals surface area contributed by atoms with E-state index < -0.39 is 6.10 Å². The average molecular weight is 173 g/mol. The Bertz CT molecular complexity index is 170. The number of amides is 1. The van der Waals surface area contributed by atoms with Crippen molar-refractivity contribution in [2.24, 2.45) is 0 Å². The third kappa shape index (κ3) is 1.76. The normalized spacial score (nSPS) is 26.4. The summed E-state index contributed by atoms with van der Waals surface area (Å²) in [5, 5.41) is 18.0. The second kappa shape index (κ2) is 3.87. The molecule has 0 aliphatic carbocycles. The Balaban J connectivity index is 2.57. The zero-order chi connectivity index (χ0) is 9.14. The van der Waals surface area contributed by atoms with Crippen LogP contribution in [0.1, 0.15) is 19.8 Å². The molecule has 2 atom stereocenters. The molecular formula is C8H15NO3. The number of hydrogen-bond donors (Lipinski definition) is 2. The quantitative estimate of drug-likeness (QED) is 0.596. The van der Waals surface area contributed by atoms with Gasteiger partial charge in [0.05, 0.1) is 18.8 Å². The maximum Gasteiger partial charge on any atom is 0.223 e. The Kier molecular flexibility index (Phi) is 3.05. The molecule has 4 nitrogen and oxygen atoms in total. The number of β-amino-alcohol motifs (C(OH)–C–C–N with tert-alkyl or cyclic N) is 1. The van der Waals surface area contributed by atoms with Gasteiger partial charge < -0.3 is 15.1 Å². The Morgan fingerprint density at radius 3 is 2.92 bits per heavy atom. The minimum atomic E-state index is -0.497. The van der Waals surface area contributed by atoms with Gasteiger partial charge in [-0.1, -0.05) is 0 Å². The molecule has 0 aromatic carbocycles. The van der Waals surface area contributed by atoms with E-state index in [1.54, 1.807) is 11.8 Å². The summed E-state index contributed by atoms with van der Waals surface area (Å²) in [5.74, 6) is 0.0370. The van der Waals surface area contributed by atoms with Crippen molar-refractivity contribution in [1.29, 1.82) is 0 Å². The minimum absolute atomic E-state index is 0.0328.